The third kappa shape index (κ3) is 12.0. The van der Waals surface area contributed by atoms with Crippen molar-refractivity contribution in [2.75, 3.05) is 6.54 Å². The molecule has 2 aromatic carbocycles. The summed E-state index contributed by atoms with van der Waals surface area (Å²) >= 11 is 0. The van der Waals surface area contributed by atoms with Crippen LogP contribution >= 0.6 is 0 Å². The molecule has 4 fully saturated rings. The summed E-state index contributed by atoms with van der Waals surface area (Å²) in [5.41, 5.74) is 10.6. The summed E-state index contributed by atoms with van der Waals surface area (Å²) in [6.45, 7) is 14.6. The van der Waals surface area contributed by atoms with Crippen molar-refractivity contribution >= 4 is 30.5 Å². The van der Waals surface area contributed by atoms with Gasteiger partial charge in [-0.25, -0.2) is 0 Å². The number of nitrogens with two attached hydrogens (primary N) is 1. The van der Waals surface area contributed by atoms with Gasteiger partial charge in [-0.05, 0) is 130 Å². The zero-order valence-corrected chi connectivity index (χ0v) is 37.6. The van der Waals surface area contributed by atoms with E-state index in [1.54, 1.807) is 6.92 Å². The highest BCUT2D eigenvalue weighted by Crippen LogP contribution is 2.66. The van der Waals surface area contributed by atoms with Crippen LogP contribution < -0.4 is 16.4 Å². The molecular formula is C49H74BN3O7. The molecule has 5 N–H and O–H groups in total. The Morgan fingerprint density at radius 1 is 0.817 bits per heavy atom. The van der Waals surface area contributed by atoms with Crippen LogP contribution in [0.3, 0.4) is 0 Å². The second-order valence-electron chi connectivity index (χ2n) is 19.2. The molecule has 2 bridgehead atoms. The normalized spacial score (nSPS) is 24.0. The topological polar surface area (TPSA) is 157 Å². The largest absolute Gasteiger partial charge is 0.461 e. The number of benzene rings is 2. The molecule has 330 valence electrons. The zero-order chi connectivity index (χ0) is 43.6. The number of ketones is 2. The predicted molar refractivity (Wildman–Crippen MR) is 239 cm³/mol. The van der Waals surface area contributed by atoms with Gasteiger partial charge in [0.15, 0.2) is 11.6 Å². The van der Waals surface area contributed by atoms with Gasteiger partial charge in [-0.1, -0.05) is 96.0 Å². The molecule has 0 spiro atoms. The zero-order valence-electron chi connectivity index (χ0n) is 37.6. The standard InChI is InChI=1S/C49H74BN3O7/c1-8-9-15-35-19-23-37(24-20-35)38-25-21-36(22-26-38)16-11-10-12-18-45(57)53-46(34(4)54)42(56)28-32(2)47(58)52-40(17-13-14-27-51)41(55)29-33(3)50-59-44-31-39-30-43(48(39,5)6)49(44,7)60-50/h19-26,32-34,39-40,43-44,46,54H,8-18,27-31,51H2,1-7H3,(H,52,58)(H,53,57)/t32-,33-,34-,39+,40+,43+,44?,46+,49+/m1/s1. The van der Waals surface area contributed by atoms with Gasteiger partial charge in [-0.3, -0.25) is 19.2 Å². The summed E-state index contributed by atoms with van der Waals surface area (Å²) in [6.07, 6.45) is 9.93. The summed E-state index contributed by atoms with van der Waals surface area (Å²) in [5.74, 6) is -1.18. The summed E-state index contributed by atoms with van der Waals surface area (Å²) < 4.78 is 13.1. The Balaban J connectivity index is 1.03. The van der Waals surface area contributed by atoms with E-state index in [-0.39, 0.29) is 53.9 Å². The van der Waals surface area contributed by atoms with Crippen molar-refractivity contribution in [1.82, 2.24) is 10.6 Å². The number of aliphatic hydroxyl groups excluding tert-OH is 1. The van der Waals surface area contributed by atoms with Crippen molar-refractivity contribution in [3.8, 4) is 11.1 Å². The smallest absolute Gasteiger partial charge is 0.405 e. The third-order valence-electron chi connectivity index (χ3n) is 14.1. The van der Waals surface area contributed by atoms with E-state index in [1.807, 2.05) is 6.92 Å². The number of carbonyl (C=O) groups is 4. The molecule has 11 heteroatoms. The first-order chi connectivity index (χ1) is 28.6. The molecule has 4 aliphatic rings. The average Bonchev–Trinajstić information content (AvgIpc) is 3.59. The molecular weight excluding hydrogens is 753 g/mol. The van der Waals surface area contributed by atoms with Gasteiger partial charge in [0.2, 0.25) is 11.8 Å². The number of aryl methyl sites for hydroxylation is 2. The van der Waals surface area contributed by atoms with Crippen molar-refractivity contribution in [2.24, 2.45) is 28.9 Å². The van der Waals surface area contributed by atoms with Crippen molar-refractivity contribution in [1.29, 1.82) is 0 Å². The van der Waals surface area contributed by atoms with Crippen LogP contribution in [-0.2, 0) is 41.3 Å². The minimum absolute atomic E-state index is 0.0228. The fraction of sp³-hybridized carbons (Fsp3) is 0.673. The van der Waals surface area contributed by atoms with Crippen molar-refractivity contribution < 1.29 is 33.6 Å². The summed E-state index contributed by atoms with van der Waals surface area (Å²) in [5, 5.41) is 16.1. The lowest BCUT2D eigenvalue weighted by Gasteiger charge is -2.64. The second kappa shape index (κ2) is 21.6. The lowest BCUT2D eigenvalue weighted by molar-refractivity contribution is -0.199. The number of hydrogen-bond donors (Lipinski definition) is 4. The average molecular weight is 828 g/mol. The Labute approximate surface area is 360 Å². The molecule has 0 aromatic heterocycles. The van der Waals surface area contributed by atoms with Crippen LogP contribution in [-0.4, -0.2) is 72.0 Å². The van der Waals surface area contributed by atoms with Crippen LogP contribution in [0.4, 0.5) is 0 Å². The first-order valence-corrected chi connectivity index (χ1v) is 23.1. The van der Waals surface area contributed by atoms with Crippen LogP contribution in [0, 0.1) is 23.2 Å². The highest BCUT2D eigenvalue weighted by Gasteiger charge is 2.68. The molecule has 1 heterocycles. The van der Waals surface area contributed by atoms with E-state index in [1.165, 1.54) is 42.0 Å². The molecule has 1 aliphatic heterocycles. The molecule has 0 radical (unpaired) electrons. The van der Waals surface area contributed by atoms with Gasteiger partial charge in [0, 0.05) is 25.2 Å². The van der Waals surface area contributed by atoms with E-state index >= 15 is 0 Å². The fourth-order valence-corrected chi connectivity index (χ4v) is 9.96. The third-order valence-corrected chi connectivity index (χ3v) is 14.1. The van der Waals surface area contributed by atoms with Gasteiger partial charge >= 0.3 is 7.12 Å². The number of rotatable bonds is 25. The van der Waals surface area contributed by atoms with E-state index in [0.29, 0.717) is 37.6 Å². The number of carbonyl (C=O) groups excluding carboxylic acids is 4. The summed E-state index contributed by atoms with van der Waals surface area (Å²) in [6, 6.07) is 15.6. The maximum absolute atomic E-state index is 13.8. The minimum Gasteiger partial charge on any atom is -0.405 e. The minimum atomic E-state index is -1.13. The van der Waals surface area contributed by atoms with Crippen LogP contribution in [0.2, 0.25) is 5.82 Å². The van der Waals surface area contributed by atoms with Crippen LogP contribution in [0.1, 0.15) is 143 Å². The highest BCUT2D eigenvalue weighted by atomic mass is 16.7. The maximum Gasteiger partial charge on any atom is 0.461 e. The Bertz CT molecular complexity index is 1730. The van der Waals surface area contributed by atoms with Crippen LogP contribution in [0.25, 0.3) is 11.1 Å². The quantitative estimate of drug-likeness (QED) is 0.0581. The molecule has 1 saturated heterocycles. The van der Waals surface area contributed by atoms with E-state index in [4.69, 9.17) is 15.0 Å². The molecule has 1 unspecified atom stereocenters. The molecule has 10 nitrogen and oxygen atoms in total. The molecule has 6 rings (SSSR count). The first-order valence-electron chi connectivity index (χ1n) is 23.1. The van der Waals surface area contributed by atoms with Gasteiger partial charge in [-0.15, -0.1) is 0 Å². The van der Waals surface area contributed by atoms with E-state index in [2.05, 4.69) is 86.9 Å². The Kier molecular flexibility index (Phi) is 17.2. The predicted octanol–water partition coefficient (Wildman–Crippen LogP) is 7.95. The molecule has 3 aliphatic carbocycles. The highest BCUT2D eigenvalue weighted by molar-refractivity contribution is 6.47. The second-order valence-corrected chi connectivity index (χ2v) is 19.2. The SMILES string of the molecule is CCCCc1ccc(-c2ccc(CCCCCC(=O)N[C@H](C(=O)C[C@@H](C)C(=O)N[C@@H](CCCCN)C(=O)C[C@@H](C)B3OC4C[C@@H]5C[C@@H](C5(C)C)[C@]4(C)O3)[C@@H](C)O)cc2)cc1. The molecule has 2 amide bonds. The van der Waals surface area contributed by atoms with Gasteiger partial charge in [0.25, 0.3) is 0 Å². The Morgan fingerprint density at radius 3 is 2.03 bits per heavy atom. The van der Waals surface area contributed by atoms with Gasteiger partial charge in [0.05, 0.1) is 23.9 Å². The number of hydrogen-bond acceptors (Lipinski definition) is 8. The molecule has 9 atom stereocenters. The van der Waals surface area contributed by atoms with Crippen LogP contribution in [0.5, 0.6) is 0 Å². The molecule has 2 aromatic rings. The first kappa shape index (κ1) is 47.7. The monoisotopic (exact) mass is 828 g/mol. The van der Waals surface area contributed by atoms with Gasteiger partial charge < -0.3 is 30.8 Å². The number of amides is 2. The van der Waals surface area contributed by atoms with E-state index in [0.717, 1.165) is 44.9 Å². The lowest BCUT2D eigenvalue weighted by atomic mass is 9.43. The summed E-state index contributed by atoms with van der Waals surface area (Å²) in [7, 11) is -0.490. The molecule has 3 saturated carbocycles. The van der Waals surface area contributed by atoms with Gasteiger partial charge in [0.1, 0.15) is 6.04 Å². The Hall–Kier alpha value is -3.38. The Morgan fingerprint density at radius 2 is 1.45 bits per heavy atom. The van der Waals surface area contributed by atoms with Crippen molar-refractivity contribution in [3.05, 3.63) is 59.7 Å². The van der Waals surface area contributed by atoms with E-state index < -0.39 is 42.9 Å². The number of aliphatic hydroxyl groups is 1. The van der Waals surface area contributed by atoms with Crippen molar-refractivity contribution in [2.45, 2.75) is 180 Å². The lowest BCUT2D eigenvalue weighted by Crippen LogP contribution is -2.65. The fourth-order valence-electron chi connectivity index (χ4n) is 9.96. The van der Waals surface area contributed by atoms with E-state index in [9.17, 15) is 24.3 Å². The van der Waals surface area contributed by atoms with Crippen LogP contribution in [0.15, 0.2) is 48.5 Å². The van der Waals surface area contributed by atoms with Crippen molar-refractivity contribution in [3.63, 3.8) is 0 Å². The number of nitrogens with one attached hydrogen (secondary N) is 2. The summed E-state index contributed by atoms with van der Waals surface area (Å²) in [4.78, 5) is 53.5. The number of Topliss-reactive ketones (excluding diaryl/α,β-unsaturated/α-hetero) is 2. The van der Waals surface area contributed by atoms with Gasteiger partial charge in [-0.2, -0.15) is 0 Å². The maximum atomic E-state index is 13.8. The number of unbranched alkanes of at least 4 members (excludes halogenated alkanes) is 4. The molecule has 60 heavy (non-hydrogen) atoms.